The van der Waals surface area contributed by atoms with Crippen molar-refractivity contribution in [1.82, 2.24) is 20.1 Å². The zero-order valence-corrected chi connectivity index (χ0v) is 21.6. The number of guanidine groups is 1. The van der Waals surface area contributed by atoms with Crippen molar-refractivity contribution in [1.29, 1.82) is 0 Å². The van der Waals surface area contributed by atoms with Crippen LogP contribution in [0.3, 0.4) is 0 Å². The van der Waals surface area contributed by atoms with Gasteiger partial charge in [0.05, 0.1) is 6.04 Å². The molecule has 1 aromatic carbocycles. The van der Waals surface area contributed by atoms with Gasteiger partial charge < -0.3 is 15.2 Å². The number of nitrogens with one attached hydrogen (secondary N) is 2. The Morgan fingerprint density at radius 3 is 2.35 bits per heavy atom. The number of pyridine rings is 1. The Bertz CT molecular complexity index is 833. The van der Waals surface area contributed by atoms with Crippen LogP contribution in [0.15, 0.2) is 58.3 Å². The number of rotatable bonds is 11. The molecule has 2 aromatic rings. The van der Waals surface area contributed by atoms with Crippen molar-refractivity contribution < 1.29 is 0 Å². The smallest absolute Gasteiger partial charge is 0.250 e. The molecular formula is C24H38IN5O. The Morgan fingerprint density at radius 2 is 1.74 bits per heavy atom. The van der Waals surface area contributed by atoms with E-state index in [1.54, 1.807) is 13.1 Å². The number of hydrogen-bond donors (Lipinski definition) is 2. The molecule has 0 bridgehead atoms. The summed E-state index contributed by atoms with van der Waals surface area (Å²) in [5, 5.41) is 6.89. The van der Waals surface area contributed by atoms with Crippen LogP contribution < -0.4 is 16.2 Å². The molecule has 6 nitrogen and oxygen atoms in total. The lowest BCUT2D eigenvalue weighted by molar-refractivity contribution is 0.219. The van der Waals surface area contributed by atoms with E-state index in [9.17, 15) is 4.79 Å². The average Bonchev–Trinajstić information content (AvgIpc) is 2.77. The van der Waals surface area contributed by atoms with E-state index in [4.69, 9.17) is 0 Å². The largest absolute Gasteiger partial charge is 0.356 e. The van der Waals surface area contributed by atoms with Crippen molar-refractivity contribution in [3.05, 3.63) is 70.1 Å². The molecule has 0 fully saturated rings. The standard InChI is InChI=1S/C24H37N5O.HI/c1-5-28(6-2)22(21-14-8-7-9-15-21)19-27-24(25-4)26-17-10-11-18-29-20(3)13-12-16-23(29)30;/h7-9,12-16,22H,5-6,10-11,17-19H2,1-4H3,(H2,25,26,27);1H. The number of likely N-dealkylation sites (N-methyl/N-ethyl adjacent to an activating group) is 1. The molecule has 2 N–H and O–H groups in total. The van der Waals surface area contributed by atoms with Crippen molar-refractivity contribution in [2.45, 2.75) is 46.2 Å². The highest BCUT2D eigenvalue weighted by Crippen LogP contribution is 2.19. The van der Waals surface area contributed by atoms with Crippen LogP contribution in [0, 0.1) is 6.92 Å². The van der Waals surface area contributed by atoms with Gasteiger partial charge in [0.25, 0.3) is 5.56 Å². The number of unbranched alkanes of at least 4 members (excludes halogenated alkanes) is 1. The van der Waals surface area contributed by atoms with Gasteiger partial charge in [-0.05, 0) is 44.5 Å². The predicted molar refractivity (Wildman–Crippen MR) is 142 cm³/mol. The molecular weight excluding hydrogens is 501 g/mol. The highest BCUT2D eigenvalue weighted by atomic mass is 127. The number of aryl methyl sites for hydroxylation is 1. The molecule has 0 radical (unpaired) electrons. The summed E-state index contributed by atoms with van der Waals surface area (Å²) in [7, 11) is 1.80. The third-order valence-electron chi connectivity index (χ3n) is 5.49. The molecule has 2 rings (SSSR count). The molecule has 1 heterocycles. The monoisotopic (exact) mass is 539 g/mol. The molecule has 1 unspecified atom stereocenters. The van der Waals surface area contributed by atoms with Crippen molar-refractivity contribution in [2.24, 2.45) is 4.99 Å². The second-order valence-corrected chi connectivity index (χ2v) is 7.39. The molecule has 0 spiro atoms. The molecule has 172 valence electrons. The second kappa shape index (κ2) is 15.0. The Kier molecular flexibility index (Phi) is 13.2. The second-order valence-electron chi connectivity index (χ2n) is 7.39. The summed E-state index contributed by atoms with van der Waals surface area (Å²) >= 11 is 0. The van der Waals surface area contributed by atoms with Gasteiger partial charge in [0.1, 0.15) is 0 Å². The minimum absolute atomic E-state index is 0. The first-order chi connectivity index (χ1) is 14.6. The number of aliphatic imine (C=N–C) groups is 1. The fraction of sp³-hybridized carbons (Fsp3) is 0.500. The van der Waals surface area contributed by atoms with Crippen LogP contribution in [0.2, 0.25) is 0 Å². The van der Waals surface area contributed by atoms with Gasteiger partial charge in [0.15, 0.2) is 5.96 Å². The third kappa shape index (κ3) is 8.65. The molecule has 0 aliphatic carbocycles. The Morgan fingerprint density at radius 1 is 1.03 bits per heavy atom. The van der Waals surface area contributed by atoms with Gasteiger partial charge >= 0.3 is 0 Å². The molecule has 31 heavy (non-hydrogen) atoms. The van der Waals surface area contributed by atoms with Gasteiger partial charge in [0.2, 0.25) is 0 Å². The topological polar surface area (TPSA) is 61.7 Å². The lowest BCUT2D eigenvalue weighted by Crippen LogP contribution is -2.43. The quantitative estimate of drug-likeness (QED) is 0.198. The van der Waals surface area contributed by atoms with Crippen molar-refractivity contribution in [2.75, 3.05) is 33.2 Å². The van der Waals surface area contributed by atoms with Gasteiger partial charge in [-0.2, -0.15) is 0 Å². The van der Waals surface area contributed by atoms with Crippen molar-refractivity contribution in [3.8, 4) is 0 Å². The summed E-state index contributed by atoms with van der Waals surface area (Å²) in [4.78, 5) is 18.8. The molecule has 0 saturated carbocycles. The third-order valence-corrected chi connectivity index (χ3v) is 5.49. The maximum atomic E-state index is 11.9. The van der Waals surface area contributed by atoms with Crippen LogP contribution in [0.1, 0.15) is 44.0 Å². The summed E-state index contributed by atoms with van der Waals surface area (Å²) in [5.74, 6) is 0.816. The summed E-state index contributed by atoms with van der Waals surface area (Å²) in [6.07, 6.45) is 1.92. The van der Waals surface area contributed by atoms with E-state index in [1.807, 2.05) is 23.6 Å². The number of halogens is 1. The molecule has 7 heteroatoms. The Labute approximate surface area is 204 Å². The fourth-order valence-electron chi connectivity index (χ4n) is 3.72. The lowest BCUT2D eigenvalue weighted by atomic mass is 10.1. The number of aromatic nitrogens is 1. The van der Waals surface area contributed by atoms with E-state index in [1.165, 1.54) is 5.56 Å². The summed E-state index contributed by atoms with van der Waals surface area (Å²) in [6, 6.07) is 16.3. The van der Waals surface area contributed by atoms with Gasteiger partial charge in [0, 0.05) is 38.4 Å². The highest BCUT2D eigenvalue weighted by molar-refractivity contribution is 14.0. The number of hydrogen-bond acceptors (Lipinski definition) is 3. The summed E-state index contributed by atoms with van der Waals surface area (Å²) in [6.45, 7) is 10.7. The maximum absolute atomic E-state index is 11.9. The summed E-state index contributed by atoms with van der Waals surface area (Å²) < 4.78 is 1.83. The molecule has 0 aliphatic heterocycles. The van der Waals surface area contributed by atoms with Crippen LogP contribution in [-0.2, 0) is 6.54 Å². The van der Waals surface area contributed by atoms with E-state index >= 15 is 0 Å². The lowest BCUT2D eigenvalue weighted by Gasteiger charge is -2.30. The van der Waals surface area contributed by atoms with E-state index in [0.717, 1.165) is 57.2 Å². The maximum Gasteiger partial charge on any atom is 0.250 e. The van der Waals surface area contributed by atoms with Crippen molar-refractivity contribution >= 4 is 29.9 Å². The Hall–Kier alpha value is -1.87. The zero-order valence-electron chi connectivity index (χ0n) is 19.3. The van der Waals surface area contributed by atoms with Crippen LogP contribution in [0.25, 0.3) is 0 Å². The average molecular weight is 540 g/mol. The minimum Gasteiger partial charge on any atom is -0.356 e. The molecule has 0 amide bonds. The van der Waals surface area contributed by atoms with E-state index in [-0.39, 0.29) is 29.5 Å². The molecule has 0 aliphatic rings. The van der Waals surface area contributed by atoms with E-state index < -0.39 is 0 Å². The minimum atomic E-state index is 0. The molecule has 1 atom stereocenters. The molecule has 0 saturated heterocycles. The van der Waals surface area contributed by atoms with E-state index in [2.05, 4.69) is 64.7 Å². The number of benzene rings is 1. The van der Waals surface area contributed by atoms with Gasteiger partial charge in [-0.15, -0.1) is 24.0 Å². The predicted octanol–water partition coefficient (Wildman–Crippen LogP) is 3.80. The van der Waals surface area contributed by atoms with Crippen molar-refractivity contribution in [3.63, 3.8) is 0 Å². The zero-order chi connectivity index (χ0) is 21.8. The highest BCUT2D eigenvalue weighted by Gasteiger charge is 2.18. The van der Waals surface area contributed by atoms with Crippen LogP contribution >= 0.6 is 24.0 Å². The SMILES string of the molecule is CCN(CC)C(CNC(=NC)NCCCCn1c(C)cccc1=O)c1ccccc1.I. The fourth-order valence-corrected chi connectivity index (χ4v) is 3.72. The van der Waals surface area contributed by atoms with Crippen LogP contribution in [0.4, 0.5) is 0 Å². The normalized spacial score (nSPS) is 12.4. The first-order valence-corrected chi connectivity index (χ1v) is 11.0. The van der Waals surface area contributed by atoms with Crippen LogP contribution in [0.5, 0.6) is 0 Å². The van der Waals surface area contributed by atoms with E-state index in [0.29, 0.717) is 6.04 Å². The first kappa shape index (κ1) is 27.2. The Balaban J connectivity index is 0.00000480. The van der Waals surface area contributed by atoms with Gasteiger partial charge in [-0.25, -0.2) is 0 Å². The first-order valence-electron chi connectivity index (χ1n) is 11.0. The van der Waals surface area contributed by atoms with Crippen LogP contribution in [-0.4, -0.2) is 48.7 Å². The summed E-state index contributed by atoms with van der Waals surface area (Å²) in [5.41, 5.74) is 2.40. The van der Waals surface area contributed by atoms with Gasteiger partial charge in [-0.1, -0.05) is 50.2 Å². The molecule has 1 aromatic heterocycles. The van der Waals surface area contributed by atoms with Gasteiger partial charge in [-0.3, -0.25) is 14.7 Å². The number of nitrogens with zero attached hydrogens (tertiary/aromatic N) is 3.